The van der Waals surface area contributed by atoms with Crippen molar-refractivity contribution >= 4 is 5.97 Å². The van der Waals surface area contributed by atoms with Gasteiger partial charge < -0.3 is 16.2 Å². The van der Waals surface area contributed by atoms with Crippen LogP contribution < -0.4 is 11.5 Å². The Balaban J connectivity index is 3.26. The van der Waals surface area contributed by atoms with E-state index in [1.165, 1.54) is 0 Å². The number of hydrogen-bond acceptors (Lipinski definition) is 4. The van der Waals surface area contributed by atoms with E-state index in [0.717, 1.165) is 11.1 Å². The van der Waals surface area contributed by atoms with Crippen LogP contribution in [0.1, 0.15) is 40.5 Å². The van der Waals surface area contributed by atoms with Crippen molar-refractivity contribution in [1.29, 1.82) is 0 Å². The van der Waals surface area contributed by atoms with E-state index < -0.39 is 6.04 Å². The number of hydrogen-bond donors (Lipinski definition) is 2. The zero-order valence-electron chi connectivity index (χ0n) is 11.1. The van der Waals surface area contributed by atoms with Crippen molar-refractivity contribution in [2.75, 3.05) is 6.61 Å². The summed E-state index contributed by atoms with van der Waals surface area (Å²) in [5, 5.41) is 0. The van der Waals surface area contributed by atoms with E-state index in [9.17, 15) is 4.79 Å². The minimum absolute atomic E-state index is 0.329. The Morgan fingerprint density at radius 2 is 1.84 bits per heavy atom. The van der Waals surface area contributed by atoms with E-state index in [1.54, 1.807) is 37.3 Å². The maximum Gasteiger partial charge on any atom is 0.338 e. The fourth-order valence-electron chi connectivity index (χ4n) is 1.76. The molecule has 1 aromatic rings. The fraction of sp³-hybridized carbons (Fsp3) is 0.267. The minimum Gasteiger partial charge on any atom is -0.462 e. The van der Waals surface area contributed by atoms with Crippen molar-refractivity contribution in [1.82, 2.24) is 0 Å². The summed E-state index contributed by atoms with van der Waals surface area (Å²) in [6.07, 6.45) is 3.22. The van der Waals surface area contributed by atoms with Gasteiger partial charge in [0.15, 0.2) is 0 Å². The molecular weight excluding hydrogens is 240 g/mol. The van der Waals surface area contributed by atoms with Crippen LogP contribution in [0.15, 0.2) is 43.5 Å². The van der Waals surface area contributed by atoms with Gasteiger partial charge in [-0.25, -0.2) is 4.79 Å². The lowest BCUT2D eigenvalue weighted by molar-refractivity contribution is 0.0526. The van der Waals surface area contributed by atoms with Crippen LogP contribution in [-0.2, 0) is 4.74 Å². The Labute approximate surface area is 113 Å². The second kappa shape index (κ2) is 6.87. The lowest BCUT2D eigenvalue weighted by Crippen LogP contribution is -2.17. The largest absolute Gasteiger partial charge is 0.462 e. The molecule has 102 valence electrons. The topological polar surface area (TPSA) is 78.3 Å². The molecule has 2 atom stereocenters. The van der Waals surface area contributed by atoms with Gasteiger partial charge in [0.1, 0.15) is 0 Å². The molecule has 4 N–H and O–H groups in total. The van der Waals surface area contributed by atoms with E-state index >= 15 is 0 Å². The number of esters is 1. The summed E-state index contributed by atoms with van der Waals surface area (Å²) in [4.78, 5) is 11.7. The third-order valence-electron chi connectivity index (χ3n) is 2.82. The number of carbonyl (C=O) groups excluding carboxylic acids is 1. The highest BCUT2D eigenvalue weighted by molar-refractivity contribution is 5.89. The van der Waals surface area contributed by atoms with Gasteiger partial charge in [-0.05, 0) is 30.2 Å². The Morgan fingerprint density at radius 3 is 2.37 bits per heavy atom. The van der Waals surface area contributed by atoms with Crippen LogP contribution in [0, 0.1) is 0 Å². The minimum atomic E-state index is -0.393. The first kappa shape index (κ1) is 15.1. The molecular formula is C15H20N2O2. The molecule has 0 fully saturated rings. The monoisotopic (exact) mass is 260 g/mol. The summed E-state index contributed by atoms with van der Waals surface area (Å²) < 4.78 is 4.97. The van der Waals surface area contributed by atoms with Gasteiger partial charge in [-0.3, -0.25) is 0 Å². The van der Waals surface area contributed by atoms with Gasteiger partial charge in [0.05, 0.1) is 12.2 Å². The fourth-order valence-corrected chi connectivity index (χ4v) is 1.76. The lowest BCUT2D eigenvalue weighted by Gasteiger charge is -2.17. The Hall–Kier alpha value is -1.91. The van der Waals surface area contributed by atoms with Gasteiger partial charge in [-0.15, -0.1) is 13.2 Å². The first-order valence-electron chi connectivity index (χ1n) is 6.12. The first-order chi connectivity index (χ1) is 9.04. The summed E-state index contributed by atoms with van der Waals surface area (Å²) >= 11 is 0. The van der Waals surface area contributed by atoms with Gasteiger partial charge in [-0.1, -0.05) is 18.2 Å². The molecule has 1 aromatic carbocycles. The van der Waals surface area contributed by atoms with Crippen LogP contribution >= 0.6 is 0 Å². The summed E-state index contributed by atoms with van der Waals surface area (Å²) in [7, 11) is 0. The number of rotatable bonds is 6. The third-order valence-corrected chi connectivity index (χ3v) is 2.82. The van der Waals surface area contributed by atoms with Crippen LogP contribution in [0.2, 0.25) is 0 Å². The molecule has 0 spiro atoms. The van der Waals surface area contributed by atoms with Crippen LogP contribution in [0.25, 0.3) is 0 Å². The van der Waals surface area contributed by atoms with Crippen molar-refractivity contribution in [3.63, 3.8) is 0 Å². The van der Waals surface area contributed by atoms with E-state index in [-0.39, 0.29) is 12.0 Å². The molecule has 19 heavy (non-hydrogen) atoms. The van der Waals surface area contributed by atoms with Crippen molar-refractivity contribution < 1.29 is 9.53 Å². The molecule has 0 radical (unpaired) electrons. The zero-order valence-corrected chi connectivity index (χ0v) is 11.1. The second-order valence-corrected chi connectivity index (χ2v) is 4.09. The number of carbonyl (C=O) groups is 1. The molecule has 0 bridgehead atoms. The summed E-state index contributed by atoms with van der Waals surface area (Å²) in [5.41, 5.74) is 14.0. The average Bonchev–Trinajstić information content (AvgIpc) is 2.45. The highest BCUT2D eigenvalue weighted by Crippen LogP contribution is 2.24. The number of nitrogens with two attached hydrogens (primary N) is 2. The second-order valence-electron chi connectivity index (χ2n) is 4.09. The highest BCUT2D eigenvalue weighted by Gasteiger charge is 2.16. The molecule has 4 nitrogen and oxygen atoms in total. The lowest BCUT2D eigenvalue weighted by atomic mass is 9.93. The van der Waals surface area contributed by atoms with Gasteiger partial charge in [0, 0.05) is 12.1 Å². The number of benzene rings is 1. The van der Waals surface area contributed by atoms with Gasteiger partial charge in [0.25, 0.3) is 0 Å². The predicted molar refractivity (Wildman–Crippen MR) is 76.6 cm³/mol. The molecule has 0 aliphatic heterocycles. The Morgan fingerprint density at radius 1 is 1.26 bits per heavy atom. The predicted octanol–water partition coefficient (Wildman–Crippen LogP) is 2.23. The van der Waals surface area contributed by atoms with Gasteiger partial charge in [0.2, 0.25) is 0 Å². The molecule has 0 aromatic heterocycles. The molecule has 4 heteroatoms. The smallest absolute Gasteiger partial charge is 0.338 e. The molecule has 0 amide bonds. The van der Waals surface area contributed by atoms with Crippen LogP contribution in [0.4, 0.5) is 0 Å². The average molecular weight is 260 g/mol. The summed E-state index contributed by atoms with van der Waals surface area (Å²) in [6, 6.07) is 4.42. The van der Waals surface area contributed by atoms with Crippen LogP contribution in [0.3, 0.4) is 0 Å². The molecule has 0 saturated heterocycles. The first-order valence-corrected chi connectivity index (χ1v) is 6.12. The molecule has 0 heterocycles. The van der Waals surface area contributed by atoms with E-state index in [4.69, 9.17) is 16.2 Å². The Bertz CT molecular complexity index is 483. The maximum absolute atomic E-state index is 11.7. The normalized spacial score (nSPS) is 13.4. The Kier molecular flexibility index (Phi) is 5.48. The molecule has 1 rings (SSSR count). The SMILES string of the molecule is C=CC(N)c1ccc(C(=O)OCC)cc1C(N)C=C. The van der Waals surface area contributed by atoms with Crippen molar-refractivity contribution in [2.45, 2.75) is 19.0 Å². The van der Waals surface area contributed by atoms with Crippen LogP contribution in [0.5, 0.6) is 0 Å². The van der Waals surface area contributed by atoms with Gasteiger partial charge >= 0.3 is 5.97 Å². The summed E-state index contributed by atoms with van der Waals surface area (Å²) in [6.45, 7) is 9.42. The van der Waals surface area contributed by atoms with Gasteiger partial charge in [-0.2, -0.15) is 0 Å². The van der Waals surface area contributed by atoms with E-state index in [2.05, 4.69) is 13.2 Å². The van der Waals surface area contributed by atoms with Crippen molar-refractivity contribution in [3.8, 4) is 0 Å². The van der Waals surface area contributed by atoms with Crippen LogP contribution in [-0.4, -0.2) is 12.6 Å². The maximum atomic E-state index is 11.7. The third kappa shape index (κ3) is 3.53. The molecule has 0 aliphatic carbocycles. The molecule has 0 aliphatic rings. The highest BCUT2D eigenvalue weighted by atomic mass is 16.5. The quantitative estimate of drug-likeness (QED) is 0.607. The molecule has 0 saturated carbocycles. The molecule has 2 unspecified atom stereocenters. The van der Waals surface area contributed by atoms with E-state index in [0.29, 0.717) is 12.2 Å². The van der Waals surface area contributed by atoms with Crippen molar-refractivity contribution in [2.24, 2.45) is 11.5 Å². The number of ether oxygens (including phenoxy) is 1. The van der Waals surface area contributed by atoms with Crippen molar-refractivity contribution in [3.05, 3.63) is 60.2 Å². The standard InChI is InChI=1S/C15H20N2O2/c1-4-13(16)11-8-7-10(15(18)19-6-3)9-12(11)14(17)5-2/h4-5,7-9,13-14H,1-2,6,16-17H2,3H3. The van der Waals surface area contributed by atoms with E-state index in [1.807, 2.05) is 0 Å². The summed E-state index contributed by atoms with van der Waals surface area (Å²) in [5.74, 6) is -0.376. The zero-order chi connectivity index (χ0) is 14.4.